The summed E-state index contributed by atoms with van der Waals surface area (Å²) < 4.78 is 5.54. The summed E-state index contributed by atoms with van der Waals surface area (Å²) in [7, 11) is 0. The lowest BCUT2D eigenvalue weighted by Gasteiger charge is -2.49. The molecule has 2 aliphatic heterocycles. The number of phenols is 2. The van der Waals surface area contributed by atoms with Crippen molar-refractivity contribution in [1.82, 2.24) is 25.4 Å². The molecule has 0 bridgehead atoms. The van der Waals surface area contributed by atoms with Gasteiger partial charge in [0, 0.05) is 28.0 Å². The number of β-lactam (4-membered cyclic amide) rings is 1. The van der Waals surface area contributed by atoms with Gasteiger partial charge in [-0.05, 0) is 32.0 Å². The second-order valence-corrected chi connectivity index (χ2v) is 14.1. The molecule has 2 amide bonds. The second-order valence-electron chi connectivity index (χ2n) is 9.92. The van der Waals surface area contributed by atoms with E-state index in [1.54, 1.807) is 6.07 Å². The molecule has 3 aromatic rings. The third-order valence-corrected chi connectivity index (χ3v) is 10.5. The van der Waals surface area contributed by atoms with Gasteiger partial charge in [-0.3, -0.25) is 14.5 Å². The van der Waals surface area contributed by atoms with Gasteiger partial charge in [0.05, 0.1) is 0 Å². The minimum atomic E-state index is -1.79. The molecule has 0 radical (unpaired) electrons. The van der Waals surface area contributed by atoms with Gasteiger partial charge < -0.3 is 41.1 Å². The number of ether oxygens (including phenoxy) is 1. The summed E-state index contributed by atoms with van der Waals surface area (Å²) in [5.74, 6) is -3.22. The van der Waals surface area contributed by atoms with E-state index in [2.05, 4.69) is 25.7 Å². The van der Waals surface area contributed by atoms with Crippen molar-refractivity contribution in [3.05, 3.63) is 40.7 Å². The maximum atomic E-state index is 13.3. The molecule has 0 spiro atoms. The number of rotatable bonds is 11. The zero-order valence-corrected chi connectivity index (χ0v) is 26.8. The normalized spacial score (nSPS) is 18.1. The number of nitrogens with one attached hydrogen (secondary N) is 1. The quantitative estimate of drug-likeness (QED) is 0.0417. The fourth-order valence-electron chi connectivity index (χ4n) is 3.91. The van der Waals surface area contributed by atoms with E-state index in [0.29, 0.717) is 20.5 Å². The molecule has 1 fully saturated rings. The molecule has 1 aromatic carbocycles. The number of fused-ring (bicyclic) bond motifs is 1. The summed E-state index contributed by atoms with van der Waals surface area (Å²) in [6, 6.07) is 3.13. The molecule has 0 aliphatic carbocycles. The van der Waals surface area contributed by atoms with Crippen molar-refractivity contribution in [3.8, 4) is 22.1 Å². The number of aliphatic carboxylic acids is 1. The van der Waals surface area contributed by atoms with E-state index in [-0.39, 0.29) is 39.7 Å². The van der Waals surface area contributed by atoms with E-state index >= 15 is 0 Å². The Morgan fingerprint density at radius 2 is 1.98 bits per heavy atom. The van der Waals surface area contributed by atoms with Crippen LogP contribution in [-0.2, 0) is 24.0 Å². The smallest absolute Gasteiger partial charge is 0.504 e. The maximum absolute atomic E-state index is 13.3. The molecule has 0 saturated carbocycles. The number of nitrogens with zero attached hydrogens (tertiary/aromatic N) is 5. The summed E-state index contributed by atoms with van der Waals surface area (Å²) in [4.78, 5) is 59.8. The van der Waals surface area contributed by atoms with Gasteiger partial charge in [-0.15, -0.1) is 33.3 Å². The molecule has 4 heterocycles. The molecular formula is C25H23N7O10S4. The standard InChI is InChI=1S/C25H23N7O10S4/c1-25(2,21(37)38)42-31-14(11-8-44-22(26)27-11)16(35)28-15-18(36)32-19(41-24(39)40)10(6-43-20(15)32)7-45-23-30-29-17(46-23)9-3-4-12(33)13(34)5-9/h3-5,8,15,20,33-34H,6-7H2,1-2H3,(H2,26,27)(H,28,35)(H,37,38)(H,39,40)/t15-,20+/m1/s1. The van der Waals surface area contributed by atoms with Crippen molar-refractivity contribution < 1.29 is 49.2 Å². The van der Waals surface area contributed by atoms with Crippen LogP contribution >= 0.6 is 46.2 Å². The van der Waals surface area contributed by atoms with Gasteiger partial charge in [0.15, 0.2) is 26.7 Å². The highest BCUT2D eigenvalue weighted by atomic mass is 32.2. The summed E-state index contributed by atoms with van der Waals surface area (Å²) in [5.41, 5.74) is 4.50. The highest BCUT2D eigenvalue weighted by molar-refractivity contribution is 8.01. The first-order chi connectivity index (χ1) is 21.7. The molecular weight excluding hydrogens is 687 g/mol. The van der Waals surface area contributed by atoms with Crippen molar-refractivity contribution >= 4 is 81.0 Å². The summed E-state index contributed by atoms with van der Waals surface area (Å²) in [5, 5.41) is 53.8. The molecule has 1 saturated heterocycles. The number of carboxylic acid groups (broad SMARTS) is 2. The number of phenolic OH excluding ortho intramolecular Hbond substituents is 2. The SMILES string of the molecule is CC(C)(ON=C(C(=O)N[C@@H]1C(=O)N2C(OC(=O)O)=C(CSc3nnc(-c4ccc(O)c(O)c4)s3)CS[C@@H]12)c1csc(N)n1)C(=O)O. The minimum absolute atomic E-state index is 0.00253. The van der Waals surface area contributed by atoms with Crippen LogP contribution in [0.2, 0.25) is 0 Å². The average Bonchev–Trinajstić information content (AvgIpc) is 3.65. The minimum Gasteiger partial charge on any atom is -0.504 e. The predicted molar refractivity (Wildman–Crippen MR) is 166 cm³/mol. The Kier molecular flexibility index (Phi) is 9.28. The number of thiazole rings is 1. The van der Waals surface area contributed by atoms with Gasteiger partial charge >= 0.3 is 12.1 Å². The number of hydrogen-bond acceptors (Lipinski definition) is 17. The highest BCUT2D eigenvalue weighted by Gasteiger charge is 2.54. The summed E-state index contributed by atoms with van der Waals surface area (Å²) >= 11 is 4.69. The van der Waals surface area contributed by atoms with Crippen LogP contribution in [0.4, 0.5) is 9.93 Å². The van der Waals surface area contributed by atoms with E-state index in [4.69, 9.17) is 15.3 Å². The molecule has 5 rings (SSSR count). The topological polar surface area (TPSA) is 260 Å². The molecule has 242 valence electrons. The Balaban J connectivity index is 1.31. The van der Waals surface area contributed by atoms with E-state index in [1.165, 1.54) is 66.2 Å². The predicted octanol–water partition coefficient (Wildman–Crippen LogP) is 2.34. The number of aromatic nitrogens is 3. The third-order valence-electron chi connectivity index (χ3n) is 6.32. The molecule has 0 unspecified atom stereocenters. The number of anilines is 1. The van der Waals surface area contributed by atoms with Crippen LogP contribution in [0.5, 0.6) is 11.5 Å². The van der Waals surface area contributed by atoms with Crippen molar-refractivity contribution in [2.45, 2.75) is 35.2 Å². The Bertz CT molecular complexity index is 1790. The zero-order chi connectivity index (χ0) is 33.3. The molecule has 17 nitrogen and oxygen atoms in total. The van der Waals surface area contributed by atoms with E-state index in [9.17, 15) is 39.6 Å². The number of nitrogens with two attached hydrogens (primary N) is 1. The first-order valence-corrected chi connectivity index (χ1v) is 16.6. The zero-order valence-electron chi connectivity index (χ0n) is 23.6. The number of nitrogen functional groups attached to an aromatic ring is 1. The fraction of sp³-hybridized carbons (Fsp3) is 0.280. The Hall–Kier alpha value is -4.60. The number of thioether (sulfide) groups is 2. The molecule has 46 heavy (non-hydrogen) atoms. The lowest BCUT2D eigenvalue weighted by Crippen LogP contribution is -2.70. The molecule has 2 aromatic heterocycles. The second kappa shape index (κ2) is 13.0. The van der Waals surface area contributed by atoms with Crippen LogP contribution in [-0.4, -0.2) is 98.7 Å². The van der Waals surface area contributed by atoms with Gasteiger partial charge in [0.25, 0.3) is 11.8 Å². The molecule has 7 N–H and O–H groups in total. The Morgan fingerprint density at radius 1 is 1.22 bits per heavy atom. The largest absolute Gasteiger partial charge is 0.512 e. The first-order valence-electron chi connectivity index (χ1n) is 12.8. The van der Waals surface area contributed by atoms with Crippen molar-refractivity contribution in [3.63, 3.8) is 0 Å². The Labute approximate surface area is 275 Å². The number of oxime groups is 1. The van der Waals surface area contributed by atoms with Crippen LogP contribution < -0.4 is 11.1 Å². The van der Waals surface area contributed by atoms with E-state index in [1.807, 2.05) is 0 Å². The number of carbonyl (C=O) groups excluding carboxylic acids is 2. The number of carboxylic acids is 1. The number of benzene rings is 1. The van der Waals surface area contributed by atoms with Crippen LogP contribution in [0.25, 0.3) is 10.6 Å². The maximum Gasteiger partial charge on any atom is 0.512 e. The summed E-state index contributed by atoms with van der Waals surface area (Å²) in [6.45, 7) is 2.46. The lowest BCUT2D eigenvalue weighted by molar-refractivity contribution is -0.161. The van der Waals surface area contributed by atoms with Gasteiger partial charge in [-0.2, -0.15) is 0 Å². The number of carbonyl (C=O) groups is 4. The van der Waals surface area contributed by atoms with Gasteiger partial charge in [0.1, 0.15) is 22.1 Å². The lowest BCUT2D eigenvalue weighted by atomic mass is 10.1. The van der Waals surface area contributed by atoms with E-state index in [0.717, 1.165) is 16.2 Å². The molecule has 2 atom stereocenters. The van der Waals surface area contributed by atoms with E-state index < -0.39 is 46.7 Å². The average molecular weight is 710 g/mol. The highest BCUT2D eigenvalue weighted by Crippen LogP contribution is 2.42. The molecule has 21 heteroatoms. The van der Waals surface area contributed by atoms with Crippen LogP contribution in [0, 0.1) is 0 Å². The van der Waals surface area contributed by atoms with Gasteiger partial charge in [-0.25, -0.2) is 14.6 Å². The number of aromatic hydroxyl groups is 2. The van der Waals surface area contributed by atoms with Gasteiger partial charge in [-0.1, -0.05) is 28.3 Å². The number of amides is 2. The van der Waals surface area contributed by atoms with Crippen LogP contribution in [0.15, 0.2) is 44.5 Å². The van der Waals surface area contributed by atoms with Crippen molar-refractivity contribution in [1.29, 1.82) is 0 Å². The summed E-state index contributed by atoms with van der Waals surface area (Å²) in [6.07, 6.45) is -1.64. The monoisotopic (exact) mass is 709 g/mol. The Morgan fingerprint density at radius 3 is 2.63 bits per heavy atom. The van der Waals surface area contributed by atoms with Crippen molar-refractivity contribution in [2.24, 2.45) is 5.16 Å². The van der Waals surface area contributed by atoms with Gasteiger partial charge in [0.2, 0.25) is 11.5 Å². The number of hydrogen-bond donors (Lipinski definition) is 6. The first kappa shape index (κ1) is 32.8. The van der Waals surface area contributed by atoms with Crippen molar-refractivity contribution in [2.75, 3.05) is 17.2 Å². The third kappa shape index (κ3) is 6.80. The van der Waals surface area contributed by atoms with Crippen LogP contribution in [0.3, 0.4) is 0 Å². The van der Waals surface area contributed by atoms with Crippen LogP contribution in [0.1, 0.15) is 19.5 Å². The fourth-order valence-corrected chi connectivity index (χ4v) is 7.75. The molecule has 2 aliphatic rings.